The Bertz CT molecular complexity index is 120. The summed E-state index contributed by atoms with van der Waals surface area (Å²) in [4.78, 5) is 0. The van der Waals surface area contributed by atoms with E-state index in [0.29, 0.717) is 5.60 Å². The SMILES string of the molecule is C1COCCCC2(C1)CCO2. The zero-order chi connectivity index (χ0) is 7.57. The van der Waals surface area contributed by atoms with E-state index >= 15 is 0 Å². The Morgan fingerprint density at radius 2 is 1.45 bits per heavy atom. The fourth-order valence-electron chi connectivity index (χ4n) is 2.00. The lowest BCUT2D eigenvalue weighted by Gasteiger charge is -2.43. The van der Waals surface area contributed by atoms with Gasteiger partial charge in [0.2, 0.25) is 0 Å². The molecule has 64 valence electrons. The minimum atomic E-state index is 0.295. The first kappa shape index (κ1) is 7.56. The van der Waals surface area contributed by atoms with Crippen LogP contribution in [0.15, 0.2) is 0 Å². The van der Waals surface area contributed by atoms with Crippen molar-refractivity contribution in [2.75, 3.05) is 19.8 Å². The Kier molecular flexibility index (Phi) is 2.14. The topological polar surface area (TPSA) is 18.5 Å². The summed E-state index contributed by atoms with van der Waals surface area (Å²) in [5, 5.41) is 0. The maximum absolute atomic E-state index is 5.64. The van der Waals surface area contributed by atoms with Crippen LogP contribution in [0, 0.1) is 0 Å². The highest BCUT2D eigenvalue weighted by atomic mass is 16.5. The number of ether oxygens (including phenoxy) is 2. The van der Waals surface area contributed by atoms with Gasteiger partial charge in [-0.15, -0.1) is 0 Å². The van der Waals surface area contributed by atoms with Crippen LogP contribution in [-0.2, 0) is 9.47 Å². The fraction of sp³-hybridized carbons (Fsp3) is 1.00. The molecule has 0 bridgehead atoms. The first-order valence-electron chi connectivity index (χ1n) is 4.63. The van der Waals surface area contributed by atoms with E-state index in [9.17, 15) is 0 Å². The molecule has 2 heteroatoms. The van der Waals surface area contributed by atoms with Crippen molar-refractivity contribution in [1.29, 1.82) is 0 Å². The zero-order valence-electron chi connectivity index (χ0n) is 6.97. The van der Waals surface area contributed by atoms with Crippen LogP contribution in [-0.4, -0.2) is 25.4 Å². The molecule has 2 aliphatic rings. The van der Waals surface area contributed by atoms with Gasteiger partial charge in [0.15, 0.2) is 0 Å². The smallest absolute Gasteiger partial charge is 0.0706 e. The summed E-state index contributed by atoms with van der Waals surface area (Å²) >= 11 is 0. The molecular formula is C9H16O2. The lowest BCUT2D eigenvalue weighted by Crippen LogP contribution is -2.44. The van der Waals surface area contributed by atoms with Crippen molar-refractivity contribution in [3.05, 3.63) is 0 Å². The molecule has 2 heterocycles. The highest BCUT2D eigenvalue weighted by Crippen LogP contribution is 2.36. The third kappa shape index (κ3) is 1.57. The minimum Gasteiger partial charge on any atom is -0.381 e. The summed E-state index contributed by atoms with van der Waals surface area (Å²) < 4.78 is 11.0. The molecule has 0 aliphatic carbocycles. The molecular weight excluding hydrogens is 140 g/mol. The van der Waals surface area contributed by atoms with Gasteiger partial charge in [-0.2, -0.15) is 0 Å². The molecule has 0 saturated carbocycles. The molecule has 0 amide bonds. The molecule has 2 rings (SSSR count). The van der Waals surface area contributed by atoms with Crippen LogP contribution in [0.1, 0.15) is 32.1 Å². The van der Waals surface area contributed by atoms with E-state index in [1.54, 1.807) is 0 Å². The van der Waals surface area contributed by atoms with Crippen LogP contribution in [0.4, 0.5) is 0 Å². The standard InChI is InChI=1S/C9H16O2/c1-3-9(5-8-11-9)4-2-7-10-6-1/h1-8H2. The van der Waals surface area contributed by atoms with Crippen molar-refractivity contribution in [3.8, 4) is 0 Å². The van der Waals surface area contributed by atoms with Gasteiger partial charge in [-0.1, -0.05) is 0 Å². The average Bonchev–Trinajstić information content (AvgIpc) is 1.82. The molecule has 0 N–H and O–H groups in total. The molecule has 0 aromatic rings. The fourth-order valence-corrected chi connectivity index (χ4v) is 2.00. The van der Waals surface area contributed by atoms with Crippen LogP contribution in [0.3, 0.4) is 0 Å². The van der Waals surface area contributed by atoms with Gasteiger partial charge in [0, 0.05) is 13.2 Å². The molecule has 0 aromatic carbocycles. The van der Waals surface area contributed by atoms with Gasteiger partial charge in [-0.3, -0.25) is 0 Å². The third-order valence-corrected chi connectivity index (χ3v) is 2.81. The van der Waals surface area contributed by atoms with Crippen molar-refractivity contribution in [2.24, 2.45) is 0 Å². The van der Waals surface area contributed by atoms with Crippen LogP contribution < -0.4 is 0 Å². The van der Waals surface area contributed by atoms with Crippen molar-refractivity contribution in [2.45, 2.75) is 37.7 Å². The van der Waals surface area contributed by atoms with Crippen molar-refractivity contribution in [1.82, 2.24) is 0 Å². The highest BCUT2D eigenvalue weighted by molar-refractivity contribution is 4.87. The second kappa shape index (κ2) is 3.11. The van der Waals surface area contributed by atoms with Gasteiger partial charge < -0.3 is 9.47 Å². The van der Waals surface area contributed by atoms with E-state index in [1.807, 2.05) is 0 Å². The van der Waals surface area contributed by atoms with E-state index in [4.69, 9.17) is 9.47 Å². The summed E-state index contributed by atoms with van der Waals surface area (Å²) in [7, 11) is 0. The predicted octanol–water partition coefficient (Wildman–Crippen LogP) is 1.74. The average molecular weight is 156 g/mol. The largest absolute Gasteiger partial charge is 0.381 e. The lowest BCUT2D eigenvalue weighted by atomic mass is 9.85. The zero-order valence-corrected chi connectivity index (χ0v) is 6.97. The Morgan fingerprint density at radius 1 is 0.818 bits per heavy atom. The monoisotopic (exact) mass is 156 g/mol. The van der Waals surface area contributed by atoms with Crippen LogP contribution in [0.2, 0.25) is 0 Å². The van der Waals surface area contributed by atoms with E-state index < -0.39 is 0 Å². The normalized spacial score (nSPS) is 30.5. The third-order valence-electron chi connectivity index (χ3n) is 2.81. The Morgan fingerprint density at radius 3 is 1.91 bits per heavy atom. The highest BCUT2D eigenvalue weighted by Gasteiger charge is 2.37. The first-order chi connectivity index (χ1) is 5.41. The molecule has 1 spiro atoms. The molecule has 11 heavy (non-hydrogen) atoms. The van der Waals surface area contributed by atoms with Gasteiger partial charge in [-0.25, -0.2) is 0 Å². The van der Waals surface area contributed by atoms with Gasteiger partial charge in [-0.05, 0) is 32.1 Å². The van der Waals surface area contributed by atoms with Crippen LogP contribution in [0.5, 0.6) is 0 Å². The Balaban J connectivity index is 1.86. The molecule has 0 atom stereocenters. The Labute approximate surface area is 67.9 Å². The van der Waals surface area contributed by atoms with Crippen LogP contribution >= 0.6 is 0 Å². The van der Waals surface area contributed by atoms with Gasteiger partial charge >= 0.3 is 0 Å². The molecule has 0 radical (unpaired) electrons. The number of hydrogen-bond donors (Lipinski definition) is 0. The van der Waals surface area contributed by atoms with Crippen molar-refractivity contribution < 1.29 is 9.47 Å². The Hall–Kier alpha value is -0.0800. The van der Waals surface area contributed by atoms with Gasteiger partial charge in [0.25, 0.3) is 0 Å². The summed E-state index contributed by atoms with van der Waals surface area (Å²) in [6, 6.07) is 0. The molecule has 2 nitrogen and oxygen atoms in total. The van der Waals surface area contributed by atoms with Gasteiger partial charge in [0.05, 0.1) is 12.2 Å². The molecule has 2 fully saturated rings. The maximum atomic E-state index is 5.64. The summed E-state index contributed by atoms with van der Waals surface area (Å²) in [5.41, 5.74) is 0.295. The van der Waals surface area contributed by atoms with E-state index in [2.05, 4.69) is 0 Å². The first-order valence-corrected chi connectivity index (χ1v) is 4.63. The summed E-state index contributed by atoms with van der Waals surface area (Å²) in [5.74, 6) is 0. The molecule has 2 aliphatic heterocycles. The molecule has 0 aromatic heterocycles. The summed E-state index contributed by atoms with van der Waals surface area (Å²) in [6.45, 7) is 2.86. The predicted molar refractivity (Wildman–Crippen MR) is 42.6 cm³/mol. The van der Waals surface area contributed by atoms with E-state index in [0.717, 1.165) is 19.8 Å². The summed E-state index contributed by atoms with van der Waals surface area (Å²) in [6.07, 6.45) is 6.08. The molecule has 2 saturated heterocycles. The second-order valence-corrected chi connectivity index (χ2v) is 3.60. The number of hydrogen-bond acceptors (Lipinski definition) is 2. The number of rotatable bonds is 0. The molecule has 0 unspecified atom stereocenters. The maximum Gasteiger partial charge on any atom is 0.0706 e. The lowest BCUT2D eigenvalue weighted by molar-refractivity contribution is -0.164. The second-order valence-electron chi connectivity index (χ2n) is 3.60. The van der Waals surface area contributed by atoms with E-state index in [1.165, 1.54) is 32.1 Å². The van der Waals surface area contributed by atoms with Crippen molar-refractivity contribution >= 4 is 0 Å². The van der Waals surface area contributed by atoms with Gasteiger partial charge in [0.1, 0.15) is 0 Å². The van der Waals surface area contributed by atoms with Crippen LogP contribution in [0.25, 0.3) is 0 Å². The quantitative estimate of drug-likeness (QED) is 0.532. The van der Waals surface area contributed by atoms with Crippen molar-refractivity contribution in [3.63, 3.8) is 0 Å². The minimum absolute atomic E-state index is 0.295. The van der Waals surface area contributed by atoms with E-state index in [-0.39, 0.29) is 0 Å².